The van der Waals surface area contributed by atoms with Crippen molar-refractivity contribution in [2.75, 3.05) is 0 Å². The number of allylic oxidation sites excluding steroid dienone is 2. The first-order chi connectivity index (χ1) is 6.56. The van der Waals surface area contributed by atoms with E-state index in [1.165, 1.54) is 0 Å². The van der Waals surface area contributed by atoms with E-state index < -0.39 is 5.97 Å². The van der Waals surface area contributed by atoms with Crippen LogP contribution in [0.2, 0.25) is 0 Å². The van der Waals surface area contributed by atoms with Crippen molar-refractivity contribution in [2.45, 2.75) is 6.92 Å². The van der Waals surface area contributed by atoms with E-state index in [0.29, 0.717) is 5.56 Å². The van der Waals surface area contributed by atoms with Gasteiger partial charge in [-0.05, 0) is 29.7 Å². The molecule has 0 bridgehead atoms. The molecule has 0 fully saturated rings. The lowest BCUT2D eigenvalue weighted by Crippen LogP contribution is -1.99. The standard InChI is InChI=1S/C12H12O2/c1-4-8(2)10-5-6-11(12(13)14)9(3)7-10/h4-7H,1-2H2,3H3,(H,13,14). The summed E-state index contributed by atoms with van der Waals surface area (Å²) in [6.07, 6.45) is 1.65. The highest BCUT2D eigenvalue weighted by molar-refractivity contribution is 5.90. The molecule has 0 heterocycles. The van der Waals surface area contributed by atoms with Crippen LogP contribution in [0.15, 0.2) is 37.4 Å². The highest BCUT2D eigenvalue weighted by Gasteiger charge is 2.07. The third kappa shape index (κ3) is 1.91. The Kier molecular flexibility index (Phi) is 2.87. The van der Waals surface area contributed by atoms with Gasteiger partial charge in [0.05, 0.1) is 5.56 Å². The molecule has 1 rings (SSSR count). The predicted octanol–water partition coefficient (Wildman–Crippen LogP) is 2.89. The maximum atomic E-state index is 10.7. The molecular weight excluding hydrogens is 176 g/mol. The summed E-state index contributed by atoms with van der Waals surface area (Å²) in [6, 6.07) is 5.12. The number of rotatable bonds is 3. The molecule has 2 heteroatoms. The van der Waals surface area contributed by atoms with E-state index in [9.17, 15) is 4.79 Å². The SMILES string of the molecule is C=CC(=C)c1ccc(C(=O)O)c(C)c1. The largest absolute Gasteiger partial charge is 0.478 e. The maximum Gasteiger partial charge on any atom is 0.335 e. The van der Waals surface area contributed by atoms with Crippen molar-refractivity contribution < 1.29 is 9.90 Å². The Morgan fingerprint density at radius 3 is 2.57 bits per heavy atom. The van der Waals surface area contributed by atoms with Gasteiger partial charge in [0.15, 0.2) is 0 Å². The van der Waals surface area contributed by atoms with Crippen molar-refractivity contribution >= 4 is 11.5 Å². The van der Waals surface area contributed by atoms with E-state index in [0.717, 1.165) is 16.7 Å². The molecule has 0 aliphatic heterocycles. The predicted molar refractivity (Wildman–Crippen MR) is 57.4 cm³/mol. The van der Waals surface area contributed by atoms with Crippen molar-refractivity contribution in [2.24, 2.45) is 0 Å². The van der Waals surface area contributed by atoms with Crippen molar-refractivity contribution in [3.05, 3.63) is 54.1 Å². The van der Waals surface area contributed by atoms with Gasteiger partial charge in [-0.2, -0.15) is 0 Å². The first kappa shape index (κ1) is 10.3. The Hall–Kier alpha value is -1.83. The summed E-state index contributed by atoms with van der Waals surface area (Å²) < 4.78 is 0. The Morgan fingerprint density at radius 2 is 2.14 bits per heavy atom. The fourth-order valence-electron chi connectivity index (χ4n) is 1.22. The second-order valence-electron chi connectivity index (χ2n) is 3.06. The minimum absolute atomic E-state index is 0.325. The van der Waals surface area contributed by atoms with Crippen LogP contribution in [-0.4, -0.2) is 11.1 Å². The van der Waals surface area contributed by atoms with Gasteiger partial charge in [0.2, 0.25) is 0 Å². The van der Waals surface area contributed by atoms with Gasteiger partial charge in [-0.3, -0.25) is 0 Å². The molecule has 0 atom stereocenters. The molecule has 1 aromatic rings. The van der Waals surface area contributed by atoms with Crippen molar-refractivity contribution in [1.82, 2.24) is 0 Å². The van der Waals surface area contributed by atoms with Crippen LogP contribution in [0.25, 0.3) is 5.57 Å². The van der Waals surface area contributed by atoms with E-state index in [1.54, 1.807) is 31.2 Å². The van der Waals surface area contributed by atoms with Crippen LogP contribution in [-0.2, 0) is 0 Å². The Balaban J connectivity index is 3.19. The molecule has 14 heavy (non-hydrogen) atoms. The summed E-state index contributed by atoms with van der Waals surface area (Å²) in [7, 11) is 0. The van der Waals surface area contributed by atoms with Gasteiger partial charge in [-0.25, -0.2) is 4.79 Å². The first-order valence-corrected chi connectivity index (χ1v) is 4.22. The first-order valence-electron chi connectivity index (χ1n) is 4.22. The van der Waals surface area contributed by atoms with E-state index in [2.05, 4.69) is 13.2 Å². The molecule has 1 N–H and O–H groups in total. The van der Waals surface area contributed by atoms with E-state index >= 15 is 0 Å². The van der Waals surface area contributed by atoms with E-state index in [-0.39, 0.29) is 0 Å². The third-order valence-electron chi connectivity index (χ3n) is 2.07. The quantitative estimate of drug-likeness (QED) is 0.740. The summed E-state index contributed by atoms with van der Waals surface area (Å²) >= 11 is 0. The summed E-state index contributed by atoms with van der Waals surface area (Å²) in [6.45, 7) is 9.17. The number of hydrogen-bond acceptors (Lipinski definition) is 1. The average molecular weight is 188 g/mol. The number of aryl methyl sites for hydroxylation is 1. The smallest absolute Gasteiger partial charge is 0.335 e. The zero-order chi connectivity index (χ0) is 10.7. The lowest BCUT2D eigenvalue weighted by atomic mass is 10.0. The number of carboxylic acids is 1. The van der Waals surface area contributed by atoms with Crippen LogP contribution in [0.1, 0.15) is 21.5 Å². The van der Waals surface area contributed by atoms with Gasteiger partial charge < -0.3 is 5.11 Å². The monoisotopic (exact) mass is 188 g/mol. The van der Waals surface area contributed by atoms with Gasteiger partial charge in [0.1, 0.15) is 0 Å². The molecule has 0 radical (unpaired) electrons. The minimum Gasteiger partial charge on any atom is -0.478 e. The van der Waals surface area contributed by atoms with E-state index in [4.69, 9.17) is 5.11 Å². The lowest BCUT2D eigenvalue weighted by molar-refractivity contribution is 0.0696. The van der Waals surface area contributed by atoms with Crippen LogP contribution < -0.4 is 0 Å². The molecule has 0 amide bonds. The normalized spacial score (nSPS) is 9.50. The number of benzene rings is 1. The van der Waals surface area contributed by atoms with Gasteiger partial charge in [-0.1, -0.05) is 31.4 Å². The highest BCUT2D eigenvalue weighted by Crippen LogP contribution is 2.17. The molecule has 0 aliphatic rings. The van der Waals surface area contributed by atoms with Crippen LogP contribution in [0, 0.1) is 6.92 Å². The van der Waals surface area contributed by atoms with Gasteiger partial charge in [0.25, 0.3) is 0 Å². The average Bonchev–Trinajstić information content (AvgIpc) is 2.15. The number of carboxylic acid groups (broad SMARTS) is 1. The molecule has 0 saturated carbocycles. The van der Waals surface area contributed by atoms with Crippen LogP contribution in [0.4, 0.5) is 0 Å². The second-order valence-corrected chi connectivity index (χ2v) is 3.06. The second kappa shape index (κ2) is 3.92. The third-order valence-corrected chi connectivity index (χ3v) is 2.07. The van der Waals surface area contributed by atoms with Crippen LogP contribution >= 0.6 is 0 Å². The Labute approximate surface area is 83.2 Å². The molecule has 0 spiro atoms. The van der Waals surface area contributed by atoms with E-state index in [1.807, 2.05) is 0 Å². The lowest BCUT2D eigenvalue weighted by Gasteiger charge is -2.04. The molecular formula is C12H12O2. The molecule has 0 unspecified atom stereocenters. The fraction of sp³-hybridized carbons (Fsp3) is 0.0833. The molecule has 2 nitrogen and oxygen atoms in total. The van der Waals surface area contributed by atoms with Crippen LogP contribution in [0.3, 0.4) is 0 Å². The van der Waals surface area contributed by atoms with Crippen LogP contribution in [0.5, 0.6) is 0 Å². The van der Waals surface area contributed by atoms with Gasteiger partial charge in [-0.15, -0.1) is 0 Å². The molecule has 0 aromatic heterocycles. The molecule has 72 valence electrons. The summed E-state index contributed by atoms with van der Waals surface area (Å²) in [5.74, 6) is -0.904. The minimum atomic E-state index is -0.904. The van der Waals surface area contributed by atoms with Crippen molar-refractivity contribution in [3.63, 3.8) is 0 Å². The number of aromatic carboxylic acids is 1. The summed E-state index contributed by atoms with van der Waals surface area (Å²) in [5.41, 5.74) is 2.76. The zero-order valence-electron chi connectivity index (χ0n) is 8.08. The number of hydrogen-bond donors (Lipinski definition) is 1. The zero-order valence-corrected chi connectivity index (χ0v) is 8.08. The number of carbonyl (C=O) groups is 1. The Bertz CT molecular complexity index is 403. The Morgan fingerprint density at radius 1 is 1.50 bits per heavy atom. The van der Waals surface area contributed by atoms with Gasteiger partial charge in [0, 0.05) is 0 Å². The molecule has 1 aromatic carbocycles. The summed E-state index contributed by atoms with van der Waals surface area (Å²) in [5, 5.41) is 8.81. The molecule has 0 saturated heterocycles. The fourth-order valence-corrected chi connectivity index (χ4v) is 1.22. The van der Waals surface area contributed by atoms with Crippen molar-refractivity contribution in [3.8, 4) is 0 Å². The topological polar surface area (TPSA) is 37.3 Å². The molecule has 0 aliphatic carbocycles. The highest BCUT2D eigenvalue weighted by atomic mass is 16.4. The van der Waals surface area contributed by atoms with Crippen molar-refractivity contribution in [1.29, 1.82) is 0 Å². The maximum absolute atomic E-state index is 10.7. The van der Waals surface area contributed by atoms with Gasteiger partial charge >= 0.3 is 5.97 Å². The summed E-state index contributed by atoms with van der Waals surface area (Å²) in [4.78, 5) is 10.7.